The minimum atomic E-state index is -1.02. The number of hydrogen-bond acceptors (Lipinski definition) is 3. The third kappa shape index (κ3) is 3.09. The van der Waals surface area contributed by atoms with Gasteiger partial charge in [0.25, 0.3) is 11.8 Å². The third-order valence-electron chi connectivity index (χ3n) is 5.34. The Kier molecular flexibility index (Phi) is 4.26. The molecule has 1 heterocycles. The van der Waals surface area contributed by atoms with Crippen molar-refractivity contribution in [1.82, 2.24) is 4.90 Å². The molecule has 1 aliphatic heterocycles. The number of imide groups is 1. The molecule has 5 heteroatoms. The summed E-state index contributed by atoms with van der Waals surface area (Å²) in [6.45, 7) is 6.41. The van der Waals surface area contributed by atoms with Gasteiger partial charge >= 0.3 is 5.97 Å². The standard InChI is InChI=1S/C24H21NO4/c1-24(2,3)19-12-11-18-20-16(19)5-4-6-17(20)21(26)25(22(18)27)13-14-7-9-15(10-8-14)23(28)29/h4-12H,13H2,1-3H3,(H,28,29). The number of nitrogens with zero attached hydrogens (tertiary/aromatic N) is 1. The van der Waals surface area contributed by atoms with Crippen LogP contribution in [0.3, 0.4) is 0 Å². The predicted molar refractivity (Wildman–Crippen MR) is 110 cm³/mol. The maximum Gasteiger partial charge on any atom is 0.335 e. The Labute approximate surface area is 168 Å². The molecule has 0 fully saturated rings. The highest BCUT2D eigenvalue weighted by Gasteiger charge is 2.34. The van der Waals surface area contributed by atoms with E-state index in [2.05, 4.69) is 20.8 Å². The van der Waals surface area contributed by atoms with Crippen molar-refractivity contribution in [3.05, 3.63) is 82.4 Å². The smallest absolute Gasteiger partial charge is 0.335 e. The van der Waals surface area contributed by atoms with Crippen LogP contribution in [-0.2, 0) is 12.0 Å². The van der Waals surface area contributed by atoms with Crippen LogP contribution in [0.5, 0.6) is 0 Å². The van der Waals surface area contributed by atoms with Gasteiger partial charge in [-0.25, -0.2) is 4.79 Å². The molecular formula is C24H21NO4. The third-order valence-corrected chi connectivity index (χ3v) is 5.34. The average molecular weight is 387 g/mol. The Morgan fingerprint density at radius 2 is 1.52 bits per heavy atom. The zero-order valence-electron chi connectivity index (χ0n) is 16.5. The van der Waals surface area contributed by atoms with Crippen LogP contribution in [0.2, 0.25) is 0 Å². The van der Waals surface area contributed by atoms with Gasteiger partial charge in [-0.15, -0.1) is 0 Å². The van der Waals surface area contributed by atoms with Gasteiger partial charge < -0.3 is 5.11 Å². The molecule has 0 unspecified atom stereocenters. The van der Waals surface area contributed by atoms with Crippen LogP contribution in [0.4, 0.5) is 0 Å². The molecule has 1 N–H and O–H groups in total. The van der Waals surface area contributed by atoms with E-state index in [1.807, 2.05) is 24.3 Å². The highest BCUT2D eigenvalue weighted by molar-refractivity contribution is 6.25. The molecular weight excluding hydrogens is 366 g/mol. The molecule has 29 heavy (non-hydrogen) atoms. The first-order valence-electron chi connectivity index (χ1n) is 9.43. The van der Waals surface area contributed by atoms with Crippen molar-refractivity contribution >= 4 is 28.6 Å². The molecule has 0 aliphatic carbocycles. The molecule has 3 aromatic rings. The fraction of sp³-hybridized carbons (Fsp3) is 0.208. The molecule has 3 aromatic carbocycles. The van der Waals surface area contributed by atoms with Gasteiger partial charge in [0.05, 0.1) is 12.1 Å². The van der Waals surface area contributed by atoms with Gasteiger partial charge in [0, 0.05) is 16.5 Å². The molecule has 0 aromatic heterocycles. The first kappa shape index (κ1) is 18.9. The lowest BCUT2D eigenvalue weighted by molar-refractivity contribution is 0.0596. The highest BCUT2D eigenvalue weighted by atomic mass is 16.4. The Morgan fingerprint density at radius 3 is 2.10 bits per heavy atom. The van der Waals surface area contributed by atoms with Gasteiger partial charge in [-0.05, 0) is 46.2 Å². The molecule has 4 rings (SSSR count). The fourth-order valence-electron chi connectivity index (χ4n) is 3.88. The lowest BCUT2D eigenvalue weighted by atomic mass is 9.81. The number of rotatable bonds is 3. The molecule has 0 bridgehead atoms. The maximum absolute atomic E-state index is 13.2. The number of hydrogen-bond donors (Lipinski definition) is 1. The van der Waals surface area contributed by atoms with Crippen molar-refractivity contribution in [2.45, 2.75) is 32.7 Å². The number of carbonyl (C=O) groups is 3. The van der Waals surface area contributed by atoms with Crippen molar-refractivity contribution < 1.29 is 19.5 Å². The van der Waals surface area contributed by atoms with Gasteiger partial charge in [0.2, 0.25) is 0 Å². The van der Waals surface area contributed by atoms with Crippen molar-refractivity contribution in [3.8, 4) is 0 Å². The van der Waals surface area contributed by atoms with Crippen LogP contribution < -0.4 is 0 Å². The van der Waals surface area contributed by atoms with Crippen LogP contribution in [0.25, 0.3) is 10.8 Å². The molecule has 0 radical (unpaired) electrons. The molecule has 0 atom stereocenters. The van der Waals surface area contributed by atoms with E-state index in [9.17, 15) is 14.4 Å². The highest BCUT2D eigenvalue weighted by Crippen LogP contribution is 2.37. The zero-order chi connectivity index (χ0) is 20.9. The van der Waals surface area contributed by atoms with E-state index in [0.29, 0.717) is 22.1 Å². The van der Waals surface area contributed by atoms with Crippen molar-refractivity contribution in [1.29, 1.82) is 0 Å². The average Bonchev–Trinajstić information content (AvgIpc) is 2.68. The van der Waals surface area contributed by atoms with E-state index in [0.717, 1.165) is 10.9 Å². The summed E-state index contributed by atoms with van der Waals surface area (Å²) in [7, 11) is 0. The monoisotopic (exact) mass is 387 g/mol. The van der Waals surface area contributed by atoms with Crippen molar-refractivity contribution in [2.24, 2.45) is 0 Å². The second kappa shape index (κ2) is 6.55. The zero-order valence-corrected chi connectivity index (χ0v) is 16.5. The van der Waals surface area contributed by atoms with E-state index >= 15 is 0 Å². The topological polar surface area (TPSA) is 74.7 Å². The summed E-state index contributed by atoms with van der Waals surface area (Å²) < 4.78 is 0. The Morgan fingerprint density at radius 1 is 0.897 bits per heavy atom. The molecule has 146 valence electrons. The molecule has 0 spiro atoms. The number of aromatic carboxylic acids is 1. The van der Waals surface area contributed by atoms with Gasteiger partial charge in [-0.2, -0.15) is 0 Å². The minimum absolute atomic E-state index is 0.0917. The lowest BCUT2D eigenvalue weighted by Crippen LogP contribution is -2.39. The summed E-state index contributed by atoms with van der Waals surface area (Å²) in [5, 5.41) is 10.7. The van der Waals surface area contributed by atoms with E-state index in [-0.39, 0.29) is 29.3 Å². The van der Waals surface area contributed by atoms with Crippen molar-refractivity contribution in [3.63, 3.8) is 0 Å². The molecule has 0 saturated carbocycles. The van der Waals surface area contributed by atoms with Gasteiger partial charge in [0.1, 0.15) is 0 Å². The molecule has 2 amide bonds. The van der Waals surface area contributed by atoms with Gasteiger partial charge in [0.15, 0.2) is 0 Å². The largest absolute Gasteiger partial charge is 0.478 e. The first-order valence-corrected chi connectivity index (χ1v) is 9.43. The summed E-state index contributed by atoms with van der Waals surface area (Å²) in [6.07, 6.45) is 0. The van der Waals surface area contributed by atoms with E-state index in [4.69, 9.17) is 5.11 Å². The summed E-state index contributed by atoms with van der Waals surface area (Å²) >= 11 is 0. The van der Waals surface area contributed by atoms with Crippen LogP contribution >= 0.6 is 0 Å². The Bertz CT molecular complexity index is 1150. The SMILES string of the molecule is CC(C)(C)c1ccc2c3c(cccc13)C(=O)N(Cc1ccc(C(=O)O)cc1)C2=O. The summed E-state index contributed by atoms with van der Waals surface area (Å²) in [5.41, 5.74) is 2.87. The molecule has 1 aliphatic rings. The van der Waals surface area contributed by atoms with Crippen molar-refractivity contribution in [2.75, 3.05) is 0 Å². The number of carbonyl (C=O) groups excluding carboxylic acids is 2. The first-order chi connectivity index (χ1) is 13.7. The van der Waals surface area contributed by atoms with Crippen LogP contribution in [0.15, 0.2) is 54.6 Å². The fourth-order valence-corrected chi connectivity index (χ4v) is 3.88. The number of carboxylic acids is 1. The second-order valence-electron chi connectivity index (χ2n) is 8.34. The van der Waals surface area contributed by atoms with Crippen LogP contribution in [0, 0.1) is 0 Å². The Balaban J connectivity index is 1.78. The quantitative estimate of drug-likeness (QED) is 0.665. The number of benzene rings is 3. The normalized spacial score (nSPS) is 13.8. The van der Waals surface area contributed by atoms with Crippen LogP contribution in [-0.4, -0.2) is 27.8 Å². The number of amides is 2. The lowest BCUT2D eigenvalue weighted by Gasteiger charge is -2.30. The minimum Gasteiger partial charge on any atom is -0.478 e. The molecule has 0 saturated heterocycles. The van der Waals surface area contributed by atoms with E-state index < -0.39 is 5.97 Å². The summed E-state index contributed by atoms with van der Waals surface area (Å²) in [5.74, 6) is -1.68. The molecule has 5 nitrogen and oxygen atoms in total. The number of carboxylic acid groups (broad SMARTS) is 1. The van der Waals surface area contributed by atoms with E-state index in [1.54, 1.807) is 18.2 Å². The van der Waals surface area contributed by atoms with Crippen LogP contribution in [0.1, 0.15) is 63.0 Å². The second-order valence-corrected chi connectivity index (χ2v) is 8.34. The Hall–Kier alpha value is -3.47. The summed E-state index contributed by atoms with van der Waals surface area (Å²) in [6, 6.07) is 15.5. The summed E-state index contributed by atoms with van der Waals surface area (Å²) in [4.78, 5) is 38.6. The predicted octanol–water partition coefficient (Wildman–Crippen LogP) is 4.63. The maximum atomic E-state index is 13.2. The van der Waals surface area contributed by atoms with Gasteiger partial charge in [-0.3, -0.25) is 14.5 Å². The van der Waals surface area contributed by atoms with Gasteiger partial charge in [-0.1, -0.05) is 51.1 Å². The van der Waals surface area contributed by atoms with E-state index in [1.165, 1.54) is 17.0 Å².